The molecule has 1 atom stereocenters. The van der Waals surface area contributed by atoms with Gasteiger partial charge in [0.05, 0.1) is 15.3 Å². The summed E-state index contributed by atoms with van der Waals surface area (Å²) in [5, 5.41) is 9.05. The number of hydrogen-bond donors (Lipinski definition) is 1. The van der Waals surface area contributed by atoms with Crippen molar-refractivity contribution in [2.75, 3.05) is 13.1 Å². The number of carboxylic acids is 1. The van der Waals surface area contributed by atoms with Gasteiger partial charge in [-0.05, 0) is 53.4 Å². The highest BCUT2D eigenvalue weighted by Crippen LogP contribution is 2.29. The number of benzene rings is 1. The number of carbonyl (C=O) groups is 1. The maximum Gasteiger partial charge on any atom is 0.307 e. The third-order valence-electron chi connectivity index (χ3n) is 3.57. The molecule has 1 aliphatic heterocycles. The largest absolute Gasteiger partial charge is 0.481 e. The molecule has 0 bridgehead atoms. The Labute approximate surface area is 130 Å². The number of aliphatic carboxylic acids is 1. The van der Waals surface area contributed by atoms with Gasteiger partial charge in [0.2, 0.25) is 10.0 Å². The van der Waals surface area contributed by atoms with E-state index in [0.29, 0.717) is 18.4 Å². The highest BCUT2D eigenvalue weighted by Gasteiger charge is 2.34. The second-order valence-electron chi connectivity index (χ2n) is 5.07. The molecule has 8 heteroatoms. The quantitative estimate of drug-likeness (QED) is 0.874. The first kappa shape index (κ1) is 16.4. The number of aryl methyl sites for hydroxylation is 1. The van der Waals surface area contributed by atoms with Gasteiger partial charge in [0.1, 0.15) is 5.82 Å². The first-order valence-electron chi connectivity index (χ1n) is 6.42. The molecular formula is C13H15BrFNO4S. The number of piperidine rings is 1. The maximum atomic E-state index is 13.4. The van der Waals surface area contributed by atoms with Crippen LogP contribution < -0.4 is 0 Å². The molecule has 2 rings (SSSR count). The third kappa shape index (κ3) is 3.27. The fourth-order valence-corrected chi connectivity index (χ4v) is 4.66. The van der Waals surface area contributed by atoms with Crippen LogP contribution in [-0.4, -0.2) is 36.9 Å². The first-order valence-corrected chi connectivity index (χ1v) is 8.65. The van der Waals surface area contributed by atoms with E-state index in [1.54, 1.807) is 0 Å². The van der Waals surface area contributed by atoms with E-state index in [9.17, 15) is 17.6 Å². The van der Waals surface area contributed by atoms with Gasteiger partial charge in [0, 0.05) is 13.1 Å². The predicted octanol–water partition coefficient (Wildman–Crippen LogP) is 2.38. The zero-order valence-corrected chi connectivity index (χ0v) is 13.7. The number of carboxylic acid groups (broad SMARTS) is 1. The second-order valence-corrected chi connectivity index (χ2v) is 7.83. The van der Waals surface area contributed by atoms with Crippen LogP contribution in [0.1, 0.15) is 18.4 Å². The Morgan fingerprint density at radius 1 is 1.48 bits per heavy atom. The number of rotatable bonds is 3. The standard InChI is InChI=1S/C13H15BrFNO4S/c1-8-5-11(15)10(14)6-12(8)21(19,20)16-4-2-3-9(7-16)13(17)18/h5-6,9H,2-4,7H2,1H3,(H,17,18). The summed E-state index contributed by atoms with van der Waals surface area (Å²) in [6, 6.07) is 2.37. The van der Waals surface area contributed by atoms with E-state index in [1.165, 1.54) is 17.3 Å². The van der Waals surface area contributed by atoms with Gasteiger partial charge in [-0.2, -0.15) is 4.31 Å². The van der Waals surface area contributed by atoms with Crippen LogP contribution in [0.15, 0.2) is 21.5 Å². The normalized spacial score (nSPS) is 20.4. The van der Waals surface area contributed by atoms with Crippen molar-refractivity contribution >= 4 is 31.9 Å². The highest BCUT2D eigenvalue weighted by atomic mass is 79.9. The average Bonchev–Trinajstić information content (AvgIpc) is 2.42. The lowest BCUT2D eigenvalue weighted by atomic mass is 10.0. The van der Waals surface area contributed by atoms with Gasteiger partial charge in [-0.25, -0.2) is 12.8 Å². The van der Waals surface area contributed by atoms with Crippen LogP contribution in [0.3, 0.4) is 0 Å². The first-order chi connectivity index (χ1) is 9.73. The minimum atomic E-state index is -3.83. The minimum Gasteiger partial charge on any atom is -0.481 e. The Hall–Kier alpha value is -0.990. The van der Waals surface area contributed by atoms with Crippen LogP contribution in [-0.2, 0) is 14.8 Å². The third-order valence-corrected chi connectivity index (χ3v) is 6.18. The summed E-state index contributed by atoms with van der Waals surface area (Å²) in [5.41, 5.74) is 0.299. The smallest absolute Gasteiger partial charge is 0.307 e. The van der Waals surface area contributed by atoms with Gasteiger partial charge in [0.15, 0.2) is 0 Å². The predicted molar refractivity (Wildman–Crippen MR) is 78.0 cm³/mol. The molecule has 1 aromatic rings. The molecule has 1 aromatic carbocycles. The molecular weight excluding hydrogens is 365 g/mol. The van der Waals surface area contributed by atoms with E-state index >= 15 is 0 Å². The molecule has 1 N–H and O–H groups in total. The lowest BCUT2D eigenvalue weighted by molar-refractivity contribution is -0.142. The van der Waals surface area contributed by atoms with Crippen molar-refractivity contribution in [3.8, 4) is 0 Å². The topological polar surface area (TPSA) is 74.7 Å². The Morgan fingerprint density at radius 2 is 2.14 bits per heavy atom. The van der Waals surface area contributed by atoms with Crippen molar-refractivity contribution in [3.05, 3.63) is 28.0 Å². The van der Waals surface area contributed by atoms with Crippen LogP contribution in [0.5, 0.6) is 0 Å². The maximum absolute atomic E-state index is 13.4. The summed E-state index contributed by atoms with van der Waals surface area (Å²) < 4.78 is 39.9. The highest BCUT2D eigenvalue weighted by molar-refractivity contribution is 9.10. The molecule has 1 fully saturated rings. The van der Waals surface area contributed by atoms with Crippen molar-refractivity contribution < 1.29 is 22.7 Å². The van der Waals surface area contributed by atoms with Crippen LogP contribution >= 0.6 is 15.9 Å². The number of sulfonamides is 1. The zero-order chi connectivity index (χ0) is 15.8. The van der Waals surface area contributed by atoms with Crippen molar-refractivity contribution in [2.24, 2.45) is 5.92 Å². The van der Waals surface area contributed by atoms with Gasteiger partial charge in [-0.15, -0.1) is 0 Å². The number of hydrogen-bond acceptors (Lipinski definition) is 3. The number of halogens is 2. The number of nitrogens with zero attached hydrogens (tertiary/aromatic N) is 1. The van der Waals surface area contributed by atoms with E-state index in [2.05, 4.69) is 15.9 Å². The molecule has 0 amide bonds. The molecule has 0 aromatic heterocycles. The summed E-state index contributed by atoms with van der Waals surface area (Å²) in [5.74, 6) is -2.22. The summed E-state index contributed by atoms with van der Waals surface area (Å²) in [4.78, 5) is 11.1. The van der Waals surface area contributed by atoms with Crippen molar-refractivity contribution in [2.45, 2.75) is 24.7 Å². The minimum absolute atomic E-state index is 0.00168. The van der Waals surface area contributed by atoms with Gasteiger partial charge < -0.3 is 5.11 Å². The van der Waals surface area contributed by atoms with E-state index in [0.717, 1.165) is 6.07 Å². The fraction of sp³-hybridized carbons (Fsp3) is 0.462. The summed E-state index contributed by atoms with van der Waals surface area (Å²) in [6.07, 6.45) is 0.963. The molecule has 1 aliphatic rings. The Morgan fingerprint density at radius 3 is 2.76 bits per heavy atom. The molecule has 1 unspecified atom stereocenters. The Kier molecular flexibility index (Phi) is 4.69. The molecule has 116 valence electrons. The fourth-order valence-electron chi connectivity index (χ4n) is 2.41. The summed E-state index contributed by atoms with van der Waals surface area (Å²) >= 11 is 2.98. The van der Waals surface area contributed by atoms with Crippen LogP contribution in [0.25, 0.3) is 0 Å². The van der Waals surface area contributed by atoms with Crippen LogP contribution in [0, 0.1) is 18.7 Å². The van der Waals surface area contributed by atoms with E-state index < -0.39 is 27.7 Å². The van der Waals surface area contributed by atoms with E-state index in [1.807, 2.05) is 0 Å². The summed E-state index contributed by atoms with van der Waals surface area (Å²) in [6.45, 7) is 1.74. The van der Waals surface area contributed by atoms with Crippen molar-refractivity contribution in [1.82, 2.24) is 4.31 Å². The van der Waals surface area contributed by atoms with Crippen molar-refractivity contribution in [1.29, 1.82) is 0 Å². The molecule has 5 nitrogen and oxygen atoms in total. The molecule has 0 radical (unpaired) electrons. The van der Waals surface area contributed by atoms with Crippen molar-refractivity contribution in [3.63, 3.8) is 0 Å². The molecule has 1 heterocycles. The van der Waals surface area contributed by atoms with Gasteiger partial charge in [0.25, 0.3) is 0 Å². The van der Waals surface area contributed by atoms with Crippen LogP contribution in [0.4, 0.5) is 4.39 Å². The monoisotopic (exact) mass is 379 g/mol. The average molecular weight is 380 g/mol. The van der Waals surface area contributed by atoms with E-state index in [-0.39, 0.29) is 22.5 Å². The van der Waals surface area contributed by atoms with Gasteiger partial charge in [-0.1, -0.05) is 0 Å². The van der Waals surface area contributed by atoms with E-state index in [4.69, 9.17) is 5.11 Å². The van der Waals surface area contributed by atoms with Crippen LogP contribution in [0.2, 0.25) is 0 Å². The lowest BCUT2D eigenvalue weighted by Crippen LogP contribution is -2.42. The molecule has 1 saturated heterocycles. The SMILES string of the molecule is Cc1cc(F)c(Br)cc1S(=O)(=O)N1CCCC(C(=O)O)C1. The van der Waals surface area contributed by atoms with Gasteiger partial charge >= 0.3 is 5.97 Å². The second kappa shape index (κ2) is 6.02. The molecule has 0 saturated carbocycles. The lowest BCUT2D eigenvalue weighted by Gasteiger charge is -2.30. The molecule has 0 aliphatic carbocycles. The Bertz CT molecular complexity index is 677. The molecule has 21 heavy (non-hydrogen) atoms. The van der Waals surface area contributed by atoms with Gasteiger partial charge in [-0.3, -0.25) is 4.79 Å². The molecule has 0 spiro atoms. The zero-order valence-electron chi connectivity index (χ0n) is 11.3. The Balaban J connectivity index is 2.38. The summed E-state index contributed by atoms with van der Waals surface area (Å²) in [7, 11) is -3.83.